The Balaban J connectivity index is 1.49. The molecule has 3 rings (SSSR count). The summed E-state index contributed by atoms with van der Waals surface area (Å²) < 4.78 is 10.2. The Morgan fingerprint density at radius 1 is 0.968 bits per heavy atom. The SMILES string of the molecule is C[C@@H](CCc1ccccc1)NC(=O)COC(=O)c1ccccc1NC(=O)c1ccco1. The highest BCUT2D eigenvalue weighted by atomic mass is 16.5. The number of carbonyl (C=O) groups is 3. The lowest BCUT2D eigenvalue weighted by molar-refractivity contribution is -0.124. The molecule has 2 N–H and O–H groups in total. The number of nitrogens with one attached hydrogen (secondary N) is 2. The van der Waals surface area contributed by atoms with Crippen LogP contribution in [0, 0.1) is 0 Å². The van der Waals surface area contributed by atoms with Gasteiger partial charge in [0.05, 0.1) is 17.5 Å². The van der Waals surface area contributed by atoms with Crippen molar-refractivity contribution in [1.82, 2.24) is 5.32 Å². The number of carbonyl (C=O) groups excluding carboxylic acids is 3. The second-order valence-corrected chi connectivity index (χ2v) is 7.05. The molecule has 0 unspecified atom stereocenters. The van der Waals surface area contributed by atoms with Crippen molar-refractivity contribution in [3.63, 3.8) is 0 Å². The Labute approximate surface area is 180 Å². The minimum Gasteiger partial charge on any atom is -0.459 e. The number of furan rings is 1. The zero-order valence-electron chi connectivity index (χ0n) is 17.2. The first-order valence-corrected chi connectivity index (χ1v) is 9.97. The first-order valence-electron chi connectivity index (χ1n) is 9.97. The van der Waals surface area contributed by atoms with Crippen molar-refractivity contribution in [1.29, 1.82) is 0 Å². The Morgan fingerprint density at radius 3 is 2.45 bits per heavy atom. The lowest BCUT2D eigenvalue weighted by Gasteiger charge is -2.14. The van der Waals surface area contributed by atoms with E-state index in [-0.39, 0.29) is 29.0 Å². The molecule has 0 fully saturated rings. The maximum Gasteiger partial charge on any atom is 0.340 e. The number of hydrogen-bond donors (Lipinski definition) is 2. The number of para-hydroxylation sites is 1. The second kappa shape index (κ2) is 10.8. The van der Waals surface area contributed by atoms with Crippen molar-refractivity contribution in [3.8, 4) is 0 Å². The maximum absolute atomic E-state index is 12.5. The molecule has 2 amide bonds. The molecule has 31 heavy (non-hydrogen) atoms. The Kier molecular flexibility index (Phi) is 7.59. The van der Waals surface area contributed by atoms with Gasteiger partial charge in [-0.1, -0.05) is 42.5 Å². The fraction of sp³-hybridized carbons (Fsp3) is 0.208. The molecule has 0 bridgehead atoms. The average Bonchev–Trinajstić information content (AvgIpc) is 3.32. The van der Waals surface area contributed by atoms with E-state index in [1.54, 1.807) is 24.3 Å². The summed E-state index contributed by atoms with van der Waals surface area (Å²) in [6.45, 7) is 1.50. The van der Waals surface area contributed by atoms with Gasteiger partial charge < -0.3 is 19.8 Å². The topological polar surface area (TPSA) is 97.6 Å². The van der Waals surface area contributed by atoms with Crippen molar-refractivity contribution in [2.24, 2.45) is 0 Å². The molecule has 0 radical (unpaired) electrons. The second-order valence-electron chi connectivity index (χ2n) is 7.05. The number of benzene rings is 2. The van der Waals surface area contributed by atoms with E-state index in [1.165, 1.54) is 24.0 Å². The van der Waals surface area contributed by atoms with Gasteiger partial charge in [-0.05, 0) is 49.6 Å². The molecule has 0 spiro atoms. The molecule has 0 aliphatic rings. The van der Waals surface area contributed by atoms with Crippen LogP contribution in [0.3, 0.4) is 0 Å². The molecule has 3 aromatic rings. The van der Waals surface area contributed by atoms with Crippen molar-refractivity contribution >= 4 is 23.5 Å². The smallest absolute Gasteiger partial charge is 0.340 e. The maximum atomic E-state index is 12.5. The number of hydrogen-bond acceptors (Lipinski definition) is 5. The lowest BCUT2D eigenvalue weighted by Crippen LogP contribution is -2.36. The van der Waals surface area contributed by atoms with E-state index < -0.39 is 18.5 Å². The normalized spacial score (nSPS) is 11.4. The van der Waals surface area contributed by atoms with Crippen LogP contribution in [0.2, 0.25) is 0 Å². The molecule has 1 atom stereocenters. The van der Waals surface area contributed by atoms with Crippen LogP contribution in [-0.2, 0) is 16.0 Å². The summed E-state index contributed by atoms with van der Waals surface area (Å²) in [6, 6.07) is 19.4. The van der Waals surface area contributed by atoms with E-state index in [1.807, 2.05) is 37.3 Å². The van der Waals surface area contributed by atoms with Crippen molar-refractivity contribution in [2.45, 2.75) is 25.8 Å². The third kappa shape index (κ3) is 6.57. The molecule has 1 aromatic heterocycles. The summed E-state index contributed by atoms with van der Waals surface area (Å²) in [5, 5.41) is 5.44. The quantitative estimate of drug-likeness (QED) is 0.513. The van der Waals surface area contributed by atoms with Crippen LogP contribution >= 0.6 is 0 Å². The van der Waals surface area contributed by atoms with Crippen molar-refractivity contribution in [3.05, 3.63) is 89.9 Å². The Bertz CT molecular complexity index is 1020. The summed E-state index contributed by atoms with van der Waals surface area (Å²) in [5.41, 5.74) is 1.61. The number of ether oxygens (including phenoxy) is 1. The van der Waals surface area contributed by atoms with E-state index in [0.29, 0.717) is 0 Å². The summed E-state index contributed by atoms with van der Waals surface area (Å²) in [7, 11) is 0. The zero-order chi connectivity index (χ0) is 22.1. The Hall–Kier alpha value is -3.87. The largest absolute Gasteiger partial charge is 0.459 e. The van der Waals surface area contributed by atoms with Gasteiger partial charge in [0, 0.05) is 6.04 Å². The highest BCUT2D eigenvalue weighted by molar-refractivity contribution is 6.06. The van der Waals surface area contributed by atoms with Crippen LogP contribution in [0.5, 0.6) is 0 Å². The molecule has 2 aromatic carbocycles. The van der Waals surface area contributed by atoms with Gasteiger partial charge in [0.15, 0.2) is 12.4 Å². The highest BCUT2D eigenvalue weighted by Gasteiger charge is 2.18. The first kappa shape index (κ1) is 21.8. The number of anilines is 1. The van der Waals surface area contributed by atoms with Crippen LogP contribution < -0.4 is 10.6 Å². The predicted molar refractivity (Wildman–Crippen MR) is 116 cm³/mol. The monoisotopic (exact) mass is 420 g/mol. The van der Waals surface area contributed by atoms with Crippen molar-refractivity contribution < 1.29 is 23.5 Å². The molecular weight excluding hydrogens is 396 g/mol. The van der Waals surface area contributed by atoms with Gasteiger partial charge in [-0.15, -0.1) is 0 Å². The van der Waals surface area contributed by atoms with Gasteiger partial charge in [-0.3, -0.25) is 9.59 Å². The summed E-state index contributed by atoms with van der Waals surface area (Å²) in [6.07, 6.45) is 2.99. The minimum atomic E-state index is -0.706. The lowest BCUT2D eigenvalue weighted by atomic mass is 10.1. The third-order valence-electron chi connectivity index (χ3n) is 4.59. The Morgan fingerprint density at radius 2 is 1.71 bits per heavy atom. The van der Waals surface area contributed by atoms with E-state index in [0.717, 1.165) is 12.8 Å². The van der Waals surface area contributed by atoms with Crippen LogP contribution in [0.15, 0.2) is 77.4 Å². The molecule has 0 saturated carbocycles. The third-order valence-corrected chi connectivity index (χ3v) is 4.59. The minimum absolute atomic E-state index is 0.0636. The van der Waals surface area contributed by atoms with Gasteiger partial charge in [0.2, 0.25) is 0 Å². The molecular formula is C24H24N2O5. The molecule has 0 saturated heterocycles. The molecule has 160 valence electrons. The van der Waals surface area contributed by atoms with Crippen molar-refractivity contribution in [2.75, 3.05) is 11.9 Å². The number of aryl methyl sites for hydroxylation is 1. The van der Waals surface area contributed by atoms with Crippen LogP contribution in [-0.4, -0.2) is 30.4 Å². The van der Waals surface area contributed by atoms with Gasteiger partial charge in [0.25, 0.3) is 11.8 Å². The van der Waals surface area contributed by atoms with Crippen LogP contribution in [0.4, 0.5) is 5.69 Å². The fourth-order valence-electron chi connectivity index (χ4n) is 2.99. The van der Waals surface area contributed by atoms with Gasteiger partial charge >= 0.3 is 5.97 Å². The highest BCUT2D eigenvalue weighted by Crippen LogP contribution is 2.17. The first-order chi connectivity index (χ1) is 15.0. The van der Waals surface area contributed by atoms with Crippen LogP contribution in [0.1, 0.15) is 39.8 Å². The van der Waals surface area contributed by atoms with Gasteiger partial charge in [0.1, 0.15) is 0 Å². The molecule has 0 aliphatic carbocycles. The molecule has 7 nitrogen and oxygen atoms in total. The fourth-order valence-corrected chi connectivity index (χ4v) is 2.99. The molecule has 0 aliphatic heterocycles. The summed E-state index contributed by atoms with van der Waals surface area (Å²) in [4.78, 5) is 36.8. The summed E-state index contributed by atoms with van der Waals surface area (Å²) >= 11 is 0. The predicted octanol–water partition coefficient (Wildman–Crippen LogP) is 3.83. The van der Waals surface area contributed by atoms with E-state index in [9.17, 15) is 14.4 Å². The van der Waals surface area contributed by atoms with Crippen LogP contribution in [0.25, 0.3) is 0 Å². The molecule has 7 heteroatoms. The van der Waals surface area contributed by atoms with Gasteiger partial charge in [-0.25, -0.2) is 4.79 Å². The average molecular weight is 420 g/mol. The number of esters is 1. The standard InChI is InChI=1S/C24H24N2O5/c1-17(13-14-18-8-3-2-4-9-18)25-22(27)16-31-24(29)19-10-5-6-11-20(19)26-23(28)21-12-7-15-30-21/h2-12,15,17H,13-14,16H2,1H3,(H,25,27)(H,26,28)/t17-/m0/s1. The van der Waals surface area contributed by atoms with E-state index in [4.69, 9.17) is 9.15 Å². The number of rotatable bonds is 9. The zero-order valence-corrected chi connectivity index (χ0v) is 17.2. The van der Waals surface area contributed by atoms with E-state index >= 15 is 0 Å². The van der Waals surface area contributed by atoms with Gasteiger partial charge in [-0.2, -0.15) is 0 Å². The number of amides is 2. The summed E-state index contributed by atoms with van der Waals surface area (Å²) in [5.74, 6) is -1.46. The molecule has 1 heterocycles. The van der Waals surface area contributed by atoms with E-state index in [2.05, 4.69) is 10.6 Å².